The maximum atomic E-state index is 13.4. The molecule has 8 heteroatoms. The van der Waals surface area contributed by atoms with Gasteiger partial charge in [-0.25, -0.2) is 4.98 Å². The molecule has 33 heavy (non-hydrogen) atoms. The summed E-state index contributed by atoms with van der Waals surface area (Å²) in [5.74, 6) is -0.513. The van der Waals surface area contributed by atoms with Gasteiger partial charge in [-0.15, -0.1) is 11.3 Å². The Labute approximate surface area is 200 Å². The van der Waals surface area contributed by atoms with Crippen LogP contribution in [0.2, 0.25) is 0 Å². The topological polar surface area (TPSA) is 91.4 Å². The van der Waals surface area contributed by atoms with Crippen molar-refractivity contribution in [2.24, 2.45) is 0 Å². The Kier molecular flexibility index (Phi) is 9.87. The zero-order valence-electron chi connectivity index (χ0n) is 19.3. The molecule has 1 aliphatic carbocycles. The van der Waals surface area contributed by atoms with Gasteiger partial charge in [0.25, 0.3) is 0 Å². The number of benzene rings is 1. The van der Waals surface area contributed by atoms with E-state index in [4.69, 9.17) is 0 Å². The highest BCUT2D eigenvalue weighted by Gasteiger charge is 2.31. The Hall–Kier alpha value is -2.74. The van der Waals surface area contributed by atoms with Crippen LogP contribution in [0.1, 0.15) is 70.3 Å². The number of unbranched alkanes of at least 4 members (excludes halogenated alkanes) is 1. The molecule has 0 aliphatic heterocycles. The fourth-order valence-electron chi connectivity index (χ4n) is 4.18. The van der Waals surface area contributed by atoms with E-state index < -0.39 is 6.04 Å². The highest BCUT2D eigenvalue weighted by molar-refractivity contribution is 7.13. The van der Waals surface area contributed by atoms with E-state index in [9.17, 15) is 14.4 Å². The maximum absolute atomic E-state index is 13.4. The summed E-state index contributed by atoms with van der Waals surface area (Å²) in [5, 5.41) is 8.20. The molecule has 0 bridgehead atoms. The third kappa shape index (κ3) is 7.96. The van der Waals surface area contributed by atoms with Gasteiger partial charge in [0.1, 0.15) is 6.04 Å². The number of anilines is 1. The molecule has 0 unspecified atom stereocenters. The van der Waals surface area contributed by atoms with Crippen LogP contribution in [-0.4, -0.2) is 39.7 Å². The molecule has 2 N–H and O–H groups in total. The number of aromatic nitrogens is 1. The largest absolute Gasteiger partial charge is 0.352 e. The molecule has 3 rings (SSSR count). The minimum Gasteiger partial charge on any atom is -0.352 e. The first kappa shape index (κ1) is 24.9. The van der Waals surface area contributed by atoms with Crippen LogP contribution in [0, 0.1) is 0 Å². The summed E-state index contributed by atoms with van der Waals surface area (Å²) in [4.78, 5) is 44.7. The molecule has 178 valence electrons. The quantitative estimate of drug-likeness (QED) is 0.477. The SMILES string of the molecule is CCCC[C@@H](C(=O)NC1CCCC1)N(Cc1ccccc1)C(=O)CCC(=O)Nc1nccs1. The Morgan fingerprint density at radius 3 is 2.58 bits per heavy atom. The molecule has 0 radical (unpaired) electrons. The van der Waals surface area contributed by atoms with Gasteiger partial charge in [0, 0.05) is 37.0 Å². The van der Waals surface area contributed by atoms with Crippen molar-refractivity contribution in [2.75, 3.05) is 5.32 Å². The van der Waals surface area contributed by atoms with Crippen LogP contribution in [0.15, 0.2) is 41.9 Å². The highest BCUT2D eigenvalue weighted by atomic mass is 32.1. The summed E-state index contributed by atoms with van der Waals surface area (Å²) >= 11 is 1.34. The molecule has 3 amide bonds. The van der Waals surface area contributed by atoms with Crippen molar-refractivity contribution in [3.05, 3.63) is 47.5 Å². The normalized spacial score (nSPS) is 14.6. The smallest absolute Gasteiger partial charge is 0.243 e. The van der Waals surface area contributed by atoms with Crippen molar-refractivity contribution >= 4 is 34.2 Å². The zero-order valence-corrected chi connectivity index (χ0v) is 20.1. The molecular formula is C25H34N4O3S. The highest BCUT2D eigenvalue weighted by Crippen LogP contribution is 2.21. The van der Waals surface area contributed by atoms with Crippen LogP contribution in [-0.2, 0) is 20.9 Å². The molecule has 1 saturated carbocycles. The van der Waals surface area contributed by atoms with E-state index in [1.807, 2.05) is 30.3 Å². The Balaban J connectivity index is 1.71. The Bertz CT molecular complexity index is 882. The van der Waals surface area contributed by atoms with Crippen molar-refractivity contribution in [3.63, 3.8) is 0 Å². The predicted octanol–water partition coefficient (Wildman–Crippen LogP) is 4.51. The van der Waals surface area contributed by atoms with Gasteiger partial charge in [0.15, 0.2) is 5.13 Å². The lowest BCUT2D eigenvalue weighted by atomic mass is 10.0. The summed E-state index contributed by atoms with van der Waals surface area (Å²) in [7, 11) is 0. The molecule has 1 aromatic carbocycles. The van der Waals surface area contributed by atoms with Crippen LogP contribution in [0.3, 0.4) is 0 Å². The first-order valence-corrected chi connectivity index (χ1v) is 12.8. The van der Waals surface area contributed by atoms with E-state index in [1.165, 1.54) is 11.3 Å². The molecule has 2 aromatic rings. The number of nitrogens with zero attached hydrogens (tertiary/aromatic N) is 2. The molecule has 0 spiro atoms. The number of carbonyl (C=O) groups is 3. The van der Waals surface area contributed by atoms with E-state index in [-0.39, 0.29) is 36.6 Å². The lowest BCUT2D eigenvalue weighted by molar-refractivity contribution is -0.142. The van der Waals surface area contributed by atoms with Crippen molar-refractivity contribution in [1.82, 2.24) is 15.2 Å². The summed E-state index contributed by atoms with van der Waals surface area (Å²) in [6, 6.07) is 9.36. The fraction of sp³-hybridized carbons (Fsp3) is 0.520. The minimum atomic E-state index is -0.541. The van der Waals surface area contributed by atoms with E-state index in [2.05, 4.69) is 22.5 Å². The number of hydrogen-bond acceptors (Lipinski definition) is 5. The second-order valence-corrected chi connectivity index (χ2v) is 9.44. The van der Waals surface area contributed by atoms with Crippen LogP contribution >= 0.6 is 11.3 Å². The van der Waals surface area contributed by atoms with Gasteiger partial charge in [-0.1, -0.05) is 62.9 Å². The molecular weight excluding hydrogens is 436 g/mol. The summed E-state index contributed by atoms with van der Waals surface area (Å²) in [6.07, 6.45) is 8.37. The van der Waals surface area contributed by atoms with E-state index in [0.29, 0.717) is 18.1 Å². The van der Waals surface area contributed by atoms with Gasteiger partial charge in [-0.05, 0) is 24.8 Å². The average molecular weight is 471 g/mol. The Morgan fingerprint density at radius 1 is 1.15 bits per heavy atom. The number of rotatable bonds is 12. The number of amides is 3. The third-order valence-corrected chi connectivity index (χ3v) is 6.66. The van der Waals surface area contributed by atoms with Crippen molar-refractivity contribution in [1.29, 1.82) is 0 Å². The second kappa shape index (κ2) is 13.1. The first-order valence-electron chi connectivity index (χ1n) is 11.9. The van der Waals surface area contributed by atoms with Gasteiger partial charge in [-0.2, -0.15) is 0 Å². The monoisotopic (exact) mass is 470 g/mol. The molecule has 1 aromatic heterocycles. The fourth-order valence-corrected chi connectivity index (χ4v) is 4.72. The van der Waals surface area contributed by atoms with Gasteiger partial charge in [0.2, 0.25) is 17.7 Å². The first-order chi connectivity index (χ1) is 16.1. The van der Waals surface area contributed by atoms with Crippen molar-refractivity contribution < 1.29 is 14.4 Å². The van der Waals surface area contributed by atoms with Gasteiger partial charge in [0.05, 0.1) is 0 Å². The number of nitrogens with one attached hydrogen (secondary N) is 2. The van der Waals surface area contributed by atoms with Crippen LogP contribution < -0.4 is 10.6 Å². The minimum absolute atomic E-state index is 0.0450. The van der Waals surface area contributed by atoms with E-state index in [0.717, 1.165) is 44.1 Å². The summed E-state index contributed by atoms with van der Waals surface area (Å²) in [5.41, 5.74) is 0.966. The van der Waals surface area contributed by atoms with Crippen LogP contribution in [0.5, 0.6) is 0 Å². The van der Waals surface area contributed by atoms with Crippen LogP contribution in [0.25, 0.3) is 0 Å². The van der Waals surface area contributed by atoms with Gasteiger partial charge in [-0.3, -0.25) is 14.4 Å². The standard InChI is InChI=1S/C25H34N4O3S/c1-2-3-13-21(24(32)27-20-11-7-8-12-20)29(18-19-9-5-4-6-10-19)23(31)15-14-22(30)28-25-26-16-17-33-25/h4-6,9-10,16-17,20-21H,2-3,7-8,11-15,18H2,1H3,(H,27,32)(H,26,28,30)/t21-/m0/s1. The zero-order chi connectivity index (χ0) is 23.5. The lowest BCUT2D eigenvalue weighted by Crippen LogP contribution is -2.51. The van der Waals surface area contributed by atoms with Crippen molar-refractivity contribution in [3.8, 4) is 0 Å². The second-order valence-electron chi connectivity index (χ2n) is 8.54. The van der Waals surface area contributed by atoms with Crippen molar-refractivity contribution in [2.45, 2.75) is 83.3 Å². The molecule has 7 nitrogen and oxygen atoms in total. The molecule has 1 fully saturated rings. The van der Waals surface area contributed by atoms with E-state index >= 15 is 0 Å². The van der Waals surface area contributed by atoms with E-state index in [1.54, 1.807) is 16.5 Å². The van der Waals surface area contributed by atoms with Crippen LogP contribution in [0.4, 0.5) is 5.13 Å². The molecule has 0 saturated heterocycles. The lowest BCUT2D eigenvalue weighted by Gasteiger charge is -2.32. The number of carbonyl (C=O) groups excluding carboxylic acids is 3. The summed E-state index contributed by atoms with van der Waals surface area (Å²) in [6.45, 7) is 2.43. The third-order valence-electron chi connectivity index (χ3n) is 5.97. The van der Waals surface area contributed by atoms with Gasteiger partial charge < -0.3 is 15.5 Å². The Morgan fingerprint density at radius 2 is 1.91 bits per heavy atom. The molecule has 1 atom stereocenters. The maximum Gasteiger partial charge on any atom is 0.243 e. The summed E-state index contributed by atoms with van der Waals surface area (Å²) < 4.78 is 0. The molecule has 1 heterocycles. The number of hydrogen-bond donors (Lipinski definition) is 2. The number of thiazole rings is 1. The van der Waals surface area contributed by atoms with Gasteiger partial charge >= 0.3 is 0 Å². The average Bonchev–Trinajstić information content (AvgIpc) is 3.52. The predicted molar refractivity (Wildman–Crippen MR) is 131 cm³/mol. The molecule has 1 aliphatic rings.